The minimum atomic E-state index is -0.522. The predicted molar refractivity (Wildman–Crippen MR) is 108 cm³/mol. The summed E-state index contributed by atoms with van der Waals surface area (Å²) in [5.41, 5.74) is 3.55. The van der Waals surface area contributed by atoms with Crippen LogP contribution in [0.15, 0.2) is 65.7 Å². The first-order valence-corrected chi connectivity index (χ1v) is 8.60. The molecule has 0 aliphatic heterocycles. The van der Waals surface area contributed by atoms with Crippen molar-refractivity contribution in [2.45, 2.75) is 0 Å². The van der Waals surface area contributed by atoms with Crippen molar-refractivity contribution < 1.29 is 14.3 Å². The number of carbonyl (C=O) groups is 1. The Kier molecular flexibility index (Phi) is 5.69. The van der Waals surface area contributed by atoms with Gasteiger partial charge in [-0.25, -0.2) is 4.79 Å². The van der Waals surface area contributed by atoms with Crippen molar-refractivity contribution in [3.05, 3.63) is 76.9 Å². The topological polar surface area (TPSA) is 70.4 Å². The van der Waals surface area contributed by atoms with E-state index in [-0.39, 0.29) is 5.56 Å². The molecular weight excluding hydrogens is 356 g/mol. The molecular formula is C22H20N2O4. The number of aromatic nitrogens is 2. The summed E-state index contributed by atoms with van der Waals surface area (Å²) < 4.78 is 11.4. The van der Waals surface area contributed by atoms with Gasteiger partial charge in [-0.2, -0.15) is 0 Å². The van der Waals surface area contributed by atoms with Gasteiger partial charge in [0.1, 0.15) is 5.75 Å². The first kappa shape index (κ1) is 19.1. The lowest BCUT2D eigenvalue weighted by Crippen LogP contribution is -2.21. The Morgan fingerprint density at radius 3 is 2.32 bits per heavy atom. The van der Waals surface area contributed by atoms with Crippen LogP contribution in [0.25, 0.3) is 28.5 Å². The molecule has 0 amide bonds. The Bertz CT molecular complexity index is 1070. The highest BCUT2D eigenvalue weighted by Crippen LogP contribution is 2.32. The van der Waals surface area contributed by atoms with Crippen LogP contribution in [0.5, 0.6) is 5.75 Å². The van der Waals surface area contributed by atoms with Gasteiger partial charge in [-0.05, 0) is 42.0 Å². The van der Waals surface area contributed by atoms with Crippen LogP contribution in [-0.2, 0) is 16.6 Å². The maximum atomic E-state index is 12.9. The van der Waals surface area contributed by atoms with Crippen LogP contribution in [-0.4, -0.2) is 29.7 Å². The van der Waals surface area contributed by atoms with Gasteiger partial charge in [-0.1, -0.05) is 12.1 Å². The van der Waals surface area contributed by atoms with Crippen LogP contribution >= 0.6 is 0 Å². The number of rotatable bonds is 5. The van der Waals surface area contributed by atoms with Gasteiger partial charge in [0.05, 0.1) is 19.9 Å². The first-order chi connectivity index (χ1) is 13.5. The zero-order valence-electron chi connectivity index (χ0n) is 15.9. The molecule has 0 bridgehead atoms. The molecule has 0 N–H and O–H groups in total. The van der Waals surface area contributed by atoms with Crippen molar-refractivity contribution in [1.82, 2.24) is 9.55 Å². The summed E-state index contributed by atoms with van der Waals surface area (Å²) in [6, 6.07) is 13.1. The molecule has 0 saturated heterocycles. The number of ether oxygens (including phenoxy) is 2. The van der Waals surface area contributed by atoms with Crippen LogP contribution in [0.4, 0.5) is 0 Å². The fourth-order valence-electron chi connectivity index (χ4n) is 2.96. The Labute approximate surface area is 162 Å². The second-order valence-electron chi connectivity index (χ2n) is 6.05. The third-order valence-corrected chi connectivity index (χ3v) is 4.40. The molecule has 6 nitrogen and oxygen atoms in total. The van der Waals surface area contributed by atoms with Gasteiger partial charge in [0.2, 0.25) is 0 Å². The van der Waals surface area contributed by atoms with Crippen LogP contribution in [0.3, 0.4) is 0 Å². The quantitative estimate of drug-likeness (QED) is 0.505. The van der Waals surface area contributed by atoms with Crippen molar-refractivity contribution in [3.8, 4) is 28.1 Å². The van der Waals surface area contributed by atoms with E-state index in [2.05, 4.69) is 9.72 Å². The van der Waals surface area contributed by atoms with Crippen molar-refractivity contribution in [2.75, 3.05) is 14.2 Å². The lowest BCUT2D eigenvalue weighted by atomic mass is 9.97. The van der Waals surface area contributed by atoms with Crippen molar-refractivity contribution >= 4 is 12.0 Å². The van der Waals surface area contributed by atoms with E-state index in [4.69, 9.17) is 4.74 Å². The smallest absolute Gasteiger partial charge is 0.330 e. The standard InChI is InChI=1S/C22H20N2O4/c1-24-21(16-10-12-23-13-11-16)19(15-4-7-18(27-2)8-5-15)14-17(22(24)26)6-9-20(25)28-3/h4-14H,1-3H3/b9-6+. The number of benzene rings is 1. The van der Waals surface area contributed by atoms with E-state index in [0.29, 0.717) is 5.56 Å². The second-order valence-corrected chi connectivity index (χ2v) is 6.05. The van der Waals surface area contributed by atoms with Gasteiger partial charge < -0.3 is 14.0 Å². The third kappa shape index (κ3) is 3.86. The second kappa shape index (κ2) is 8.35. The largest absolute Gasteiger partial charge is 0.497 e. The van der Waals surface area contributed by atoms with E-state index in [1.54, 1.807) is 37.2 Å². The van der Waals surface area contributed by atoms with E-state index < -0.39 is 5.97 Å². The van der Waals surface area contributed by atoms with Crippen LogP contribution in [0, 0.1) is 0 Å². The Balaban J connectivity index is 2.26. The Morgan fingerprint density at radius 1 is 1.04 bits per heavy atom. The molecule has 0 unspecified atom stereocenters. The highest BCUT2D eigenvalue weighted by molar-refractivity contribution is 5.88. The molecule has 0 saturated carbocycles. The Hall–Kier alpha value is -3.67. The molecule has 3 rings (SSSR count). The normalized spacial score (nSPS) is 10.8. The monoisotopic (exact) mass is 376 g/mol. The maximum absolute atomic E-state index is 12.9. The van der Waals surface area contributed by atoms with E-state index in [1.807, 2.05) is 36.4 Å². The molecule has 0 aliphatic rings. The number of methoxy groups -OCH3 is 2. The molecule has 0 atom stereocenters. The molecule has 2 heterocycles. The van der Waals surface area contributed by atoms with Gasteiger partial charge in [-0.15, -0.1) is 0 Å². The highest BCUT2D eigenvalue weighted by Gasteiger charge is 2.15. The summed E-state index contributed by atoms with van der Waals surface area (Å²) in [6.45, 7) is 0. The van der Waals surface area contributed by atoms with Crippen LogP contribution < -0.4 is 10.3 Å². The summed E-state index contributed by atoms with van der Waals surface area (Å²) in [6.07, 6.45) is 6.07. The van der Waals surface area contributed by atoms with Gasteiger partial charge in [0.25, 0.3) is 5.56 Å². The number of nitrogens with zero attached hydrogens (tertiary/aromatic N) is 2. The van der Waals surface area contributed by atoms with E-state index in [1.165, 1.54) is 19.3 Å². The minimum absolute atomic E-state index is 0.218. The summed E-state index contributed by atoms with van der Waals surface area (Å²) >= 11 is 0. The summed E-state index contributed by atoms with van der Waals surface area (Å²) in [5, 5.41) is 0. The molecule has 0 fully saturated rings. The van der Waals surface area contributed by atoms with E-state index >= 15 is 0 Å². The molecule has 0 spiro atoms. The van der Waals surface area contributed by atoms with Gasteiger partial charge in [0, 0.05) is 42.2 Å². The number of pyridine rings is 2. The third-order valence-electron chi connectivity index (χ3n) is 4.40. The zero-order valence-corrected chi connectivity index (χ0v) is 15.9. The fourth-order valence-corrected chi connectivity index (χ4v) is 2.96. The van der Waals surface area contributed by atoms with Crippen molar-refractivity contribution in [2.24, 2.45) is 7.05 Å². The van der Waals surface area contributed by atoms with Gasteiger partial charge >= 0.3 is 5.97 Å². The number of esters is 1. The Morgan fingerprint density at radius 2 is 1.71 bits per heavy atom. The predicted octanol–water partition coefficient (Wildman–Crippen LogP) is 3.31. The zero-order chi connectivity index (χ0) is 20.1. The molecule has 1 aromatic carbocycles. The van der Waals surface area contributed by atoms with Gasteiger partial charge in [0.15, 0.2) is 0 Å². The SMILES string of the molecule is COC(=O)/C=C/c1cc(-c2ccc(OC)cc2)c(-c2ccncc2)n(C)c1=O. The number of hydrogen-bond acceptors (Lipinski definition) is 5. The lowest BCUT2D eigenvalue weighted by Gasteiger charge is -2.16. The summed E-state index contributed by atoms with van der Waals surface area (Å²) in [7, 11) is 4.61. The average Bonchev–Trinajstić information content (AvgIpc) is 2.75. The molecule has 0 radical (unpaired) electrons. The highest BCUT2D eigenvalue weighted by atomic mass is 16.5. The average molecular weight is 376 g/mol. The molecule has 6 heteroatoms. The summed E-state index contributed by atoms with van der Waals surface area (Å²) in [4.78, 5) is 28.4. The van der Waals surface area contributed by atoms with Crippen LogP contribution in [0.2, 0.25) is 0 Å². The molecule has 0 aliphatic carbocycles. The fraction of sp³-hybridized carbons (Fsp3) is 0.136. The maximum Gasteiger partial charge on any atom is 0.330 e. The summed E-state index contributed by atoms with van der Waals surface area (Å²) in [5.74, 6) is 0.219. The number of hydrogen-bond donors (Lipinski definition) is 0. The first-order valence-electron chi connectivity index (χ1n) is 8.60. The molecule has 2 aromatic heterocycles. The minimum Gasteiger partial charge on any atom is -0.497 e. The van der Waals surface area contributed by atoms with Crippen LogP contribution in [0.1, 0.15) is 5.56 Å². The van der Waals surface area contributed by atoms with Gasteiger partial charge in [-0.3, -0.25) is 9.78 Å². The molecule has 3 aromatic rings. The van der Waals surface area contributed by atoms with Crippen molar-refractivity contribution in [1.29, 1.82) is 0 Å². The van der Waals surface area contributed by atoms with Crippen molar-refractivity contribution in [3.63, 3.8) is 0 Å². The van der Waals surface area contributed by atoms with E-state index in [0.717, 1.165) is 28.1 Å². The lowest BCUT2D eigenvalue weighted by molar-refractivity contribution is -0.134. The molecule has 142 valence electrons. The number of carbonyl (C=O) groups excluding carboxylic acids is 1. The molecule has 28 heavy (non-hydrogen) atoms. The van der Waals surface area contributed by atoms with E-state index in [9.17, 15) is 9.59 Å².